The maximum absolute atomic E-state index is 12.3. The summed E-state index contributed by atoms with van der Waals surface area (Å²) in [5.41, 5.74) is 0.781. The topological polar surface area (TPSA) is 57.0 Å². The molecule has 0 spiro atoms. The van der Waals surface area contributed by atoms with Crippen LogP contribution >= 0.6 is 11.6 Å². The number of rotatable bonds is 4. The van der Waals surface area contributed by atoms with Gasteiger partial charge in [0.1, 0.15) is 11.7 Å². The van der Waals surface area contributed by atoms with Crippen LogP contribution in [0.2, 0.25) is 5.02 Å². The van der Waals surface area contributed by atoms with Gasteiger partial charge >= 0.3 is 5.97 Å². The van der Waals surface area contributed by atoms with E-state index in [0.717, 1.165) is 11.4 Å². The molecule has 1 atom stereocenters. The van der Waals surface area contributed by atoms with Gasteiger partial charge in [0.05, 0.1) is 6.61 Å². The fraction of sp³-hybridized carbons (Fsp3) is 0.357. The Morgan fingerprint density at radius 3 is 2.50 bits per heavy atom. The summed E-state index contributed by atoms with van der Waals surface area (Å²) < 4.78 is 6.94. The molecule has 0 amide bonds. The van der Waals surface area contributed by atoms with Crippen LogP contribution in [0.15, 0.2) is 24.3 Å². The Kier molecular flexibility index (Phi) is 4.39. The maximum atomic E-state index is 12.3. The van der Waals surface area contributed by atoms with Crippen molar-refractivity contribution in [1.82, 2.24) is 14.8 Å². The zero-order valence-electron chi connectivity index (χ0n) is 11.6. The molecule has 0 radical (unpaired) electrons. The largest absolute Gasteiger partial charge is 0.465 e. The van der Waals surface area contributed by atoms with Crippen molar-refractivity contribution in [1.29, 1.82) is 0 Å². The Hall–Kier alpha value is -1.88. The highest BCUT2D eigenvalue weighted by Crippen LogP contribution is 2.26. The second kappa shape index (κ2) is 6.05. The van der Waals surface area contributed by atoms with Crippen molar-refractivity contribution in [3.8, 4) is 0 Å². The van der Waals surface area contributed by atoms with Crippen molar-refractivity contribution < 1.29 is 9.53 Å². The zero-order valence-corrected chi connectivity index (χ0v) is 12.4. The highest BCUT2D eigenvalue weighted by molar-refractivity contribution is 6.30. The van der Waals surface area contributed by atoms with Gasteiger partial charge in [-0.3, -0.25) is 4.79 Å². The van der Waals surface area contributed by atoms with Gasteiger partial charge in [0.25, 0.3) is 0 Å². The summed E-state index contributed by atoms with van der Waals surface area (Å²) in [7, 11) is 1.83. The molecule has 1 unspecified atom stereocenters. The third-order valence-corrected chi connectivity index (χ3v) is 3.36. The number of aryl methyl sites for hydroxylation is 1. The average molecular weight is 294 g/mol. The van der Waals surface area contributed by atoms with Crippen LogP contribution in [0.5, 0.6) is 0 Å². The predicted octanol–water partition coefficient (Wildman–Crippen LogP) is 2.47. The van der Waals surface area contributed by atoms with Gasteiger partial charge in [-0.15, -0.1) is 10.2 Å². The molecule has 106 valence electrons. The summed E-state index contributed by atoms with van der Waals surface area (Å²) in [5, 5.41) is 8.71. The number of hydrogen-bond donors (Lipinski definition) is 0. The first-order valence-corrected chi connectivity index (χ1v) is 6.70. The number of carbonyl (C=O) groups is 1. The molecular weight excluding hydrogens is 278 g/mol. The van der Waals surface area contributed by atoms with Gasteiger partial charge in [-0.1, -0.05) is 23.7 Å². The van der Waals surface area contributed by atoms with Crippen LogP contribution < -0.4 is 0 Å². The molecule has 0 fully saturated rings. The first-order chi connectivity index (χ1) is 9.54. The van der Waals surface area contributed by atoms with Crippen molar-refractivity contribution in [3.63, 3.8) is 0 Å². The summed E-state index contributed by atoms with van der Waals surface area (Å²) >= 11 is 5.89. The van der Waals surface area contributed by atoms with Crippen LogP contribution in [-0.4, -0.2) is 27.3 Å². The number of ether oxygens (including phenoxy) is 1. The number of aromatic nitrogens is 3. The second-order valence-corrected chi connectivity index (χ2v) is 4.84. The second-order valence-electron chi connectivity index (χ2n) is 4.40. The lowest BCUT2D eigenvalue weighted by Gasteiger charge is -2.15. The standard InChI is InChI=1S/C14H16ClN3O2/c1-4-20-14(19)12(10-5-7-11(15)8-6-10)13-17-16-9(2)18(13)3/h5-8,12H,4H2,1-3H3. The Morgan fingerprint density at radius 1 is 1.35 bits per heavy atom. The number of nitrogens with zero attached hydrogens (tertiary/aromatic N) is 3. The van der Waals surface area contributed by atoms with E-state index in [-0.39, 0.29) is 5.97 Å². The predicted molar refractivity (Wildman–Crippen MR) is 75.7 cm³/mol. The molecule has 0 saturated carbocycles. The van der Waals surface area contributed by atoms with Gasteiger partial charge in [0.15, 0.2) is 5.82 Å². The van der Waals surface area contributed by atoms with Crippen molar-refractivity contribution in [2.24, 2.45) is 7.05 Å². The van der Waals surface area contributed by atoms with Gasteiger partial charge in [-0.05, 0) is 31.5 Å². The molecule has 0 bridgehead atoms. The average Bonchev–Trinajstić information content (AvgIpc) is 2.74. The lowest BCUT2D eigenvalue weighted by molar-refractivity contribution is -0.144. The lowest BCUT2D eigenvalue weighted by Crippen LogP contribution is -2.20. The first-order valence-electron chi connectivity index (χ1n) is 6.32. The third-order valence-electron chi connectivity index (χ3n) is 3.11. The van der Waals surface area contributed by atoms with Crippen LogP contribution in [0.4, 0.5) is 0 Å². The number of hydrogen-bond acceptors (Lipinski definition) is 4. The molecule has 0 aliphatic rings. The van der Waals surface area contributed by atoms with E-state index in [0.29, 0.717) is 17.5 Å². The third kappa shape index (κ3) is 2.82. The smallest absolute Gasteiger partial charge is 0.321 e. The zero-order chi connectivity index (χ0) is 14.7. The number of benzene rings is 1. The van der Waals surface area contributed by atoms with Crippen LogP contribution in [0.25, 0.3) is 0 Å². The number of esters is 1. The SMILES string of the molecule is CCOC(=O)C(c1ccc(Cl)cc1)c1nnc(C)n1C. The fourth-order valence-electron chi connectivity index (χ4n) is 1.95. The Morgan fingerprint density at radius 2 is 2.00 bits per heavy atom. The highest BCUT2D eigenvalue weighted by Gasteiger charge is 2.29. The minimum absolute atomic E-state index is 0.319. The number of carbonyl (C=O) groups excluding carboxylic acids is 1. The van der Waals surface area contributed by atoms with Crippen LogP contribution in [0.1, 0.15) is 30.1 Å². The molecule has 20 heavy (non-hydrogen) atoms. The molecule has 1 aromatic heterocycles. The Labute approximate surface area is 122 Å². The van der Waals surface area contributed by atoms with Crippen molar-refractivity contribution in [2.75, 3.05) is 6.61 Å². The van der Waals surface area contributed by atoms with Gasteiger partial charge in [-0.2, -0.15) is 0 Å². The summed E-state index contributed by atoms with van der Waals surface area (Å²) in [6.45, 7) is 3.93. The normalized spacial score (nSPS) is 12.2. The molecule has 6 heteroatoms. The van der Waals surface area contributed by atoms with Gasteiger partial charge < -0.3 is 9.30 Å². The van der Waals surface area contributed by atoms with E-state index in [1.54, 1.807) is 35.8 Å². The molecule has 1 heterocycles. The molecule has 2 rings (SSSR count). The van der Waals surface area contributed by atoms with Crippen molar-refractivity contribution in [2.45, 2.75) is 19.8 Å². The fourth-order valence-corrected chi connectivity index (χ4v) is 2.07. The minimum atomic E-state index is -0.599. The first kappa shape index (κ1) is 14.5. The van der Waals surface area contributed by atoms with E-state index >= 15 is 0 Å². The van der Waals surface area contributed by atoms with Crippen molar-refractivity contribution in [3.05, 3.63) is 46.5 Å². The molecule has 0 aliphatic carbocycles. The number of halogens is 1. The molecule has 0 N–H and O–H groups in total. The van der Waals surface area contributed by atoms with Crippen LogP contribution in [-0.2, 0) is 16.6 Å². The molecule has 0 aliphatic heterocycles. The minimum Gasteiger partial charge on any atom is -0.465 e. The summed E-state index contributed by atoms with van der Waals surface area (Å²) in [4.78, 5) is 12.3. The summed E-state index contributed by atoms with van der Waals surface area (Å²) in [5.74, 6) is 0.357. The van der Waals surface area contributed by atoms with Gasteiger partial charge in [0.2, 0.25) is 0 Å². The van der Waals surface area contributed by atoms with Crippen LogP contribution in [0, 0.1) is 6.92 Å². The van der Waals surface area contributed by atoms with Crippen LogP contribution in [0.3, 0.4) is 0 Å². The monoisotopic (exact) mass is 293 g/mol. The molecule has 0 saturated heterocycles. The van der Waals surface area contributed by atoms with Gasteiger partial charge in [0, 0.05) is 12.1 Å². The molecule has 1 aromatic carbocycles. The maximum Gasteiger partial charge on any atom is 0.321 e. The molecular formula is C14H16ClN3O2. The molecule has 2 aromatic rings. The van der Waals surface area contributed by atoms with E-state index < -0.39 is 5.92 Å². The van der Waals surface area contributed by atoms with Gasteiger partial charge in [-0.25, -0.2) is 0 Å². The Bertz CT molecular complexity index is 607. The summed E-state index contributed by atoms with van der Waals surface area (Å²) in [6, 6.07) is 7.08. The molecule has 5 nitrogen and oxygen atoms in total. The van der Waals surface area contributed by atoms with E-state index in [9.17, 15) is 4.79 Å². The highest BCUT2D eigenvalue weighted by atomic mass is 35.5. The quantitative estimate of drug-likeness (QED) is 0.813. The summed E-state index contributed by atoms with van der Waals surface area (Å²) in [6.07, 6.45) is 0. The van der Waals surface area contributed by atoms with E-state index in [2.05, 4.69) is 10.2 Å². The van der Waals surface area contributed by atoms with E-state index in [1.807, 2.05) is 14.0 Å². The van der Waals surface area contributed by atoms with E-state index in [4.69, 9.17) is 16.3 Å². The lowest BCUT2D eigenvalue weighted by atomic mass is 9.98. The van der Waals surface area contributed by atoms with Crippen molar-refractivity contribution >= 4 is 17.6 Å². The van der Waals surface area contributed by atoms with E-state index in [1.165, 1.54) is 0 Å². The Balaban J connectivity index is 2.47.